The fraction of sp³-hybridized carbons (Fsp3) is 0.811. The first kappa shape index (κ1) is 97.8. The summed E-state index contributed by atoms with van der Waals surface area (Å²) >= 11 is 0. The second-order valence-electron chi connectivity index (χ2n) is 54.6. The van der Waals surface area contributed by atoms with Crippen molar-refractivity contribution in [2.45, 2.75) is 417 Å². The molecule has 5 fully saturated rings. The third-order valence-electron chi connectivity index (χ3n) is 31.2. The molecule has 3 nitrogen and oxygen atoms in total. The molecular formula is C111H189N3. The monoisotopic (exact) mass is 1560 g/mol. The highest BCUT2D eigenvalue weighted by Gasteiger charge is 2.56. The van der Waals surface area contributed by atoms with E-state index in [9.17, 15) is 0 Å². The van der Waals surface area contributed by atoms with Crippen LogP contribution in [0, 0.1) is 159 Å². The minimum Gasteiger partial charge on any atom is -0.264 e. The average Bonchev–Trinajstić information content (AvgIpc) is 1.63. The number of fused-ring (bicyclic) bond motifs is 6. The highest BCUT2D eigenvalue weighted by molar-refractivity contribution is 5.40. The van der Waals surface area contributed by atoms with Gasteiger partial charge in [-0.3, -0.25) is 15.0 Å². The zero-order valence-corrected chi connectivity index (χ0v) is 83.6. The quantitative estimate of drug-likeness (QED) is 0.176. The van der Waals surface area contributed by atoms with Crippen molar-refractivity contribution in [3.05, 3.63) is 124 Å². The van der Waals surface area contributed by atoms with E-state index in [1.54, 1.807) is 11.1 Å². The lowest BCUT2D eigenvalue weighted by Gasteiger charge is -2.43. The molecule has 13 rings (SSSR count). The Bertz CT molecular complexity index is 3290. The molecule has 114 heavy (non-hydrogen) atoms. The maximum absolute atomic E-state index is 4.67. The fourth-order valence-electron chi connectivity index (χ4n) is 26.1. The van der Waals surface area contributed by atoms with Gasteiger partial charge in [0.1, 0.15) is 0 Å². The predicted octanol–water partition coefficient (Wildman–Crippen LogP) is 33.5. The number of hydrogen-bond acceptors (Lipinski definition) is 3. The van der Waals surface area contributed by atoms with Crippen LogP contribution in [0.1, 0.15) is 436 Å². The summed E-state index contributed by atoms with van der Waals surface area (Å²) in [7, 11) is 0. The van der Waals surface area contributed by atoms with Crippen molar-refractivity contribution in [3.8, 4) is 0 Å². The molecule has 3 heteroatoms. The van der Waals surface area contributed by atoms with Gasteiger partial charge in [-0.15, -0.1) is 0 Å². The molecule has 648 valence electrons. The number of aromatic nitrogens is 3. The maximum atomic E-state index is 4.67. The fourth-order valence-corrected chi connectivity index (χ4v) is 26.1. The summed E-state index contributed by atoms with van der Waals surface area (Å²) in [6.45, 7) is 101. The van der Waals surface area contributed by atoms with Crippen molar-refractivity contribution in [3.63, 3.8) is 0 Å². The van der Waals surface area contributed by atoms with Gasteiger partial charge in [0.05, 0.1) is 0 Å². The van der Waals surface area contributed by atoms with Crippen LogP contribution in [-0.2, 0) is 25.7 Å². The Morgan fingerprint density at radius 1 is 0.246 bits per heavy atom. The summed E-state index contributed by atoms with van der Waals surface area (Å²) in [5.74, 6) is 15.3. The van der Waals surface area contributed by atoms with Crippen LogP contribution in [0.4, 0.5) is 0 Å². The number of nitrogens with zero attached hydrogens (tertiary/aromatic N) is 3. The van der Waals surface area contributed by atoms with Crippen molar-refractivity contribution in [1.82, 2.24) is 15.0 Å². The van der Waals surface area contributed by atoms with Crippen LogP contribution in [0.15, 0.2) is 79.4 Å². The van der Waals surface area contributed by atoms with E-state index >= 15 is 0 Å². The van der Waals surface area contributed by atoms with Crippen LogP contribution in [0.3, 0.4) is 0 Å². The molecule has 9 aliphatic rings. The van der Waals surface area contributed by atoms with Crippen molar-refractivity contribution in [1.29, 1.82) is 0 Å². The molecule has 0 radical (unpaired) electrons. The van der Waals surface area contributed by atoms with Gasteiger partial charge < -0.3 is 0 Å². The molecule has 0 aliphatic heterocycles. The second kappa shape index (κ2) is 35.6. The van der Waals surface area contributed by atoms with Crippen LogP contribution < -0.4 is 0 Å². The molecule has 0 N–H and O–H groups in total. The van der Waals surface area contributed by atoms with E-state index in [1.807, 2.05) is 18.6 Å². The Hall–Kier alpha value is -3.33. The molecule has 0 saturated heterocycles. The molecule has 3 heterocycles. The van der Waals surface area contributed by atoms with Crippen molar-refractivity contribution in [2.24, 2.45) is 159 Å². The molecule has 18 unspecified atom stereocenters. The van der Waals surface area contributed by atoms with Crippen LogP contribution in [0.2, 0.25) is 0 Å². The van der Waals surface area contributed by atoms with Crippen LogP contribution >= 0.6 is 0 Å². The van der Waals surface area contributed by atoms with E-state index in [1.165, 1.54) is 130 Å². The van der Waals surface area contributed by atoms with Gasteiger partial charge in [-0.1, -0.05) is 366 Å². The summed E-state index contributed by atoms with van der Waals surface area (Å²) in [5.41, 5.74) is 17.5. The molecular weight excluding hydrogens is 1380 g/mol. The highest BCUT2D eigenvalue weighted by Crippen LogP contribution is 2.64. The molecule has 0 spiro atoms. The Balaban J connectivity index is 0.000000185. The Morgan fingerprint density at radius 2 is 0.570 bits per heavy atom. The largest absolute Gasteiger partial charge is 0.264 e. The lowest BCUT2D eigenvalue weighted by atomic mass is 9.62. The van der Waals surface area contributed by atoms with Crippen LogP contribution in [0.25, 0.3) is 0 Å². The van der Waals surface area contributed by atoms with Gasteiger partial charge in [-0.25, -0.2) is 0 Å². The van der Waals surface area contributed by atoms with Gasteiger partial charge in [0, 0.05) is 42.1 Å². The highest BCUT2D eigenvalue weighted by atomic mass is 14.7. The van der Waals surface area contributed by atoms with E-state index in [-0.39, 0.29) is 5.41 Å². The van der Waals surface area contributed by atoms with Gasteiger partial charge in [0.25, 0.3) is 0 Å². The Morgan fingerprint density at radius 3 is 1.00 bits per heavy atom. The van der Waals surface area contributed by atoms with E-state index < -0.39 is 0 Å². The number of hydrogen-bond donors (Lipinski definition) is 0. The molecule has 3 aromatic heterocycles. The molecule has 4 aromatic rings. The first-order valence-corrected chi connectivity index (χ1v) is 47.4. The van der Waals surface area contributed by atoms with Gasteiger partial charge in [0.15, 0.2) is 0 Å². The Kier molecular flexibility index (Phi) is 30.6. The zero-order chi connectivity index (χ0) is 86.6. The molecule has 0 bridgehead atoms. The summed E-state index contributed by atoms with van der Waals surface area (Å²) in [6.07, 6.45) is 30.6. The number of benzene rings is 1. The van der Waals surface area contributed by atoms with Crippen LogP contribution in [-0.4, -0.2) is 15.0 Å². The predicted molar refractivity (Wildman–Crippen MR) is 502 cm³/mol. The van der Waals surface area contributed by atoms with Gasteiger partial charge in [0.2, 0.25) is 0 Å². The van der Waals surface area contributed by atoms with Gasteiger partial charge in [-0.2, -0.15) is 0 Å². The first-order valence-electron chi connectivity index (χ1n) is 47.4. The standard InChI is InChI=1S/C17H32.C17H26.3C16H25N.C16H30.C13H26/c2*1-16(2,3)14-11-12-9-7-8-10-13(12)15(14)17(4,5)6;1-15(2,3)13-9-11-7-8-17-10-12(11)14(13)16(4,5)6;1-15(2,3)12-10-13-11(8-7-9-17-13)14(12)16(4,5)6;1-15(2,3)12-10-11-8-7-9-17-14(11)13(12)16(4,5)6;1-15(2,3)13-10-11-8-7-9-12(11)14(13)16(4,5)6;1-12(2,3)10-8-7-9-11(10)13(4,5)6/h12-15H,7-11H2,1-6H3;7-10,14-15H,11H2,1-6H3;7-8,10,13-14H,9H2,1-6H3;7-9,12,14H,10H2,1-6H3;7-9,12-13H,10H2,1-6H3;11-14H,7-10H2,1-6H3;10-11H,7-9H2,1-6H3. The Labute approximate surface area is 710 Å². The normalized spacial score (nSPS) is 29.8. The van der Waals surface area contributed by atoms with Gasteiger partial charge in [-0.05, 0) is 292 Å². The number of rotatable bonds is 0. The topological polar surface area (TPSA) is 38.7 Å². The van der Waals surface area contributed by atoms with E-state index in [4.69, 9.17) is 0 Å². The molecule has 1 aromatic carbocycles. The lowest BCUT2D eigenvalue weighted by molar-refractivity contribution is 0.0591. The van der Waals surface area contributed by atoms with E-state index in [0.29, 0.717) is 106 Å². The molecule has 0 amide bonds. The molecule has 9 aliphatic carbocycles. The summed E-state index contributed by atoms with van der Waals surface area (Å²) in [6, 6.07) is 20.0. The van der Waals surface area contributed by atoms with E-state index in [0.717, 1.165) is 77.4 Å². The summed E-state index contributed by atoms with van der Waals surface area (Å²) in [4.78, 5) is 13.6. The van der Waals surface area contributed by atoms with Crippen molar-refractivity contribution < 1.29 is 0 Å². The van der Waals surface area contributed by atoms with Crippen molar-refractivity contribution in [2.75, 3.05) is 0 Å². The molecule has 5 saturated carbocycles. The van der Waals surface area contributed by atoms with Crippen LogP contribution in [0.5, 0.6) is 0 Å². The minimum absolute atomic E-state index is 0.289. The van der Waals surface area contributed by atoms with Crippen molar-refractivity contribution >= 4 is 0 Å². The third-order valence-corrected chi connectivity index (χ3v) is 31.2. The van der Waals surface area contributed by atoms with Gasteiger partial charge >= 0.3 is 0 Å². The lowest BCUT2D eigenvalue weighted by Crippen LogP contribution is -2.36. The summed E-state index contributed by atoms with van der Waals surface area (Å²) < 4.78 is 0. The third kappa shape index (κ3) is 24.3. The molecule has 18 atom stereocenters. The van der Waals surface area contributed by atoms with E-state index in [2.05, 4.69) is 367 Å². The summed E-state index contributed by atoms with van der Waals surface area (Å²) in [5, 5.41) is 0. The second-order valence-corrected chi connectivity index (χ2v) is 54.6. The minimum atomic E-state index is 0.289. The number of pyridine rings is 3. The maximum Gasteiger partial charge on any atom is 0.0474 e. The average molecular weight is 1570 g/mol. The smallest absolute Gasteiger partial charge is 0.0474 e. The first-order chi connectivity index (χ1) is 51.5. The zero-order valence-electron chi connectivity index (χ0n) is 83.6. The SMILES string of the molecule is CC(C)(C)C1CC2CCCC2C1C(C)(C)C.CC(C)(C)C1CC2CCCCC2C1C(C)(C)C.CC(C)(C)C1CCCC1C(C)(C)C.CC(C)(C)C1Cc2ccccc2C1C(C)(C)C.CC(C)(C)C1Cc2cccnc2C1C(C)(C)C.CC(C)(C)C1Cc2ccncc2C1C(C)(C)C.CC(C)(C)C1Cc2ncccc2C1C(C)(C)C.